The molecule has 1 aromatic carbocycles. The smallest absolute Gasteiger partial charge is 0.238 e. The number of carbonyl (C=O) groups excluding carboxylic acids is 1. The second-order valence-corrected chi connectivity index (χ2v) is 7.83. The predicted molar refractivity (Wildman–Crippen MR) is 80.0 cm³/mol. The Kier molecular flexibility index (Phi) is 4.99. The number of benzene rings is 1. The number of nitrogens with one attached hydrogen (secondary N) is 1. The van der Waals surface area contributed by atoms with Gasteiger partial charge < -0.3 is 11.1 Å². The fraction of sp³-hybridized carbons (Fsp3) is 0.500. The Balaban J connectivity index is 3.13. The fourth-order valence-corrected chi connectivity index (χ4v) is 3.00. The van der Waals surface area contributed by atoms with Gasteiger partial charge in [-0.05, 0) is 45.4 Å². The Morgan fingerprint density at radius 1 is 1.43 bits per heavy atom. The van der Waals surface area contributed by atoms with E-state index in [2.05, 4.69) is 5.32 Å². The molecular formula is C14H21FN2O3S. The summed E-state index contributed by atoms with van der Waals surface area (Å²) in [5.41, 5.74) is 4.99. The van der Waals surface area contributed by atoms with Gasteiger partial charge in [-0.15, -0.1) is 0 Å². The number of nitrogens with two attached hydrogens (primary N) is 1. The van der Waals surface area contributed by atoms with Gasteiger partial charge in [0.25, 0.3) is 0 Å². The zero-order chi connectivity index (χ0) is 16.4. The van der Waals surface area contributed by atoms with E-state index in [0.29, 0.717) is 6.42 Å². The summed E-state index contributed by atoms with van der Waals surface area (Å²) in [4.78, 5) is 11.7. The van der Waals surface area contributed by atoms with Crippen LogP contribution in [0.4, 0.5) is 10.1 Å². The van der Waals surface area contributed by atoms with E-state index in [1.165, 1.54) is 13.0 Å². The summed E-state index contributed by atoms with van der Waals surface area (Å²) >= 11 is 0. The highest BCUT2D eigenvalue weighted by molar-refractivity contribution is 7.93. The summed E-state index contributed by atoms with van der Waals surface area (Å²) in [6.45, 7) is 6.73. The van der Waals surface area contributed by atoms with E-state index >= 15 is 0 Å². The fourth-order valence-electron chi connectivity index (χ4n) is 1.61. The quantitative estimate of drug-likeness (QED) is 0.812. The molecule has 1 rings (SSSR count). The van der Waals surface area contributed by atoms with Crippen LogP contribution in [0.5, 0.6) is 0 Å². The first-order chi connectivity index (χ1) is 9.51. The number of hydrogen-bond acceptors (Lipinski definition) is 4. The molecule has 0 radical (unpaired) electrons. The molecule has 0 heterocycles. The molecule has 1 unspecified atom stereocenters. The van der Waals surface area contributed by atoms with Crippen LogP contribution in [0.2, 0.25) is 0 Å². The molecule has 3 N–H and O–H groups in total. The molecule has 0 aliphatic heterocycles. The second-order valence-electron chi connectivity index (χ2n) is 5.60. The third-order valence-electron chi connectivity index (χ3n) is 3.46. The zero-order valence-corrected chi connectivity index (χ0v) is 13.4. The Morgan fingerprint density at radius 2 is 2.00 bits per heavy atom. The van der Waals surface area contributed by atoms with Gasteiger partial charge in [-0.25, -0.2) is 12.8 Å². The van der Waals surface area contributed by atoms with Crippen molar-refractivity contribution in [2.45, 2.75) is 49.8 Å². The van der Waals surface area contributed by atoms with Crippen molar-refractivity contribution in [1.29, 1.82) is 0 Å². The van der Waals surface area contributed by atoms with Crippen molar-refractivity contribution in [3.63, 3.8) is 0 Å². The molecule has 0 aromatic heterocycles. The number of hydrogen-bond donors (Lipinski definition) is 2. The minimum Gasteiger partial charge on any atom is -0.398 e. The summed E-state index contributed by atoms with van der Waals surface area (Å²) < 4.78 is 38.1. The van der Waals surface area contributed by atoms with Crippen LogP contribution in [0.15, 0.2) is 23.1 Å². The maximum absolute atomic E-state index is 13.2. The van der Waals surface area contributed by atoms with E-state index in [1.54, 1.807) is 13.8 Å². The summed E-state index contributed by atoms with van der Waals surface area (Å²) in [5, 5.41) is 1.31. The van der Waals surface area contributed by atoms with Gasteiger partial charge >= 0.3 is 0 Å². The predicted octanol–water partition coefficient (Wildman–Crippen LogP) is 1.87. The molecule has 118 valence electrons. The number of sulfone groups is 1. The van der Waals surface area contributed by atoms with Gasteiger partial charge in [-0.1, -0.05) is 6.92 Å². The highest BCUT2D eigenvalue weighted by Gasteiger charge is 2.33. The average molecular weight is 316 g/mol. The highest BCUT2D eigenvalue weighted by atomic mass is 32.2. The van der Waals surface area contributed by atoms with E-state index in [1.807, 2.05) is 6.92 Å². The molecule has 1 aromatic rings. The number of amides is 1. The van der Waals surface area contributed by atoms with E-state index in [4.69, 9.17) is 5.73 Å². The molecule has 0 saturated carbocycles. The van der Waals surface area contributed by atoms with Crippen LogP contribution < -0.4 is 11.1 Å². The lowest BCUT2D eigenvalue weighted by Crippen LogP contribution is -2.48. The van der Waals surface area contributed by atoms with Gasteiger partial charge in [0.15, 0.2) is 9.84 Å². The van der Waals surface area contributed by atoms with Crippen LogP contribution in [0.3, 0.4) is 0 Å². The monoisotopic (exact) mass is 316 g/mol. The molecule has 0 fully saturated rings. The van der Waals surface area contributed by atoms with Gasteiger partial charge in [0.1, 0.15) is 11.1 Å². The number of carbonyl (C=O) groups is 1. The summed E-state index contributed by atoms with van der Waals surface area (Å²) in [7, 11) is -4.05. The van der Waals surface area contributed by atoms with Crippen LogP contribution in [-0.2, 0) is 14.6 Å². The van der Waals surface area contributed by atoms with E-state index < -0.39 is 32.4 Å². The number of halogens is 1. The van der Waals surface area contributed by atoms with Crippen molar-refractivity contribution in [1.82, 2.24) is 5.32 Å². The maximum atomic E-state index is 13.2. The summed E-state index contributed by atoms with van der Waals surface area (Å²) in [5.74, 6) is -1.35. The van der Waals surface area contributed by atoms with Gasteiger partial charge in [0.05, 0.1) is 10.6 Å². The normalized spacial score (nSPS) is 13.8. The van der Waals surface area contributed by atoms with E-state index in [0.717, 1.165) is 12.1 Å². The first-order valence-corrected chi connectivity index (χ1v) is 8.17. The van der Waals surface area contributed by atoms with Crippen molar-refractivity contribution >= 4 is 21.4 Å². The molecule has 0 aliphatic rings. The van der Waals surface area contributed by atoms with E-state index in [9.17, 15) is 17.6 Å². The molecular weight excluding hydrogens is 295 g/mol. The number of nitrogen functional groups attached to an aromatic ring is 1. The standard InChI is InChI=1S/C14H21FN2O3S/c1-5-14(3,4)17-13(18)9(2)21(19,20)12-8-10(15)6-7-11(12)16/h6-9H,5,16H2,1-4H3,(H,17,18). The van der Waals surface area contributed by atoms with Crippen molar-refractivity contribution in [3.05, 3.63) is 24.0 Å². The minimum atomic E-state index is -4.05. The first-order valence-electron chi connectivity index (χ1n) is 6.62. The zero-order valence-electron chi connectivity index (χ0n) is 12.6. The van der Waals surface area contributed by atoms with Crippen LogP contribution in [-0.4, -0.2) is 25.1 Å². The van der Waals surface area contributed by atoms with E-state index in [-0.39, 0.29) is 10.6 Å². The molecule has 0 bridgehead atoms. The second kappa shape index (κ2) is 6.01. The lowest BCUT2D eigenvalue weighted by Gasteiger charge is -2.26. The molecule has 0 saturated heterocycles. The van der Waals surface area contributed by atoms with Crippen molar-refractivity contribution in [2.75, 3.05) is 5.73 Å². The third-order valence-corrected chi connectivity index (χ3v) is 5.57. The largest absolute Gasteiger partial charge is 0.398 e. The van der Waals surface area contributed by atoms with Crippen LogP contribution >= 0.6 is 0 Å². The Labute approximate surface area is 124 Å². The van der Waals surface area contributed by atoms with Gasteiger partial charge in [0.2, 0.25) is 5.91 Å². The molecule has 21 heavy (non-hydrogen) atoms. The van der Waals surface area contributed by atoms with Crippen LogP contribution in [0.25, 0.3) is 0 Å². The Bertz CT molecular complexity index is 642. The van der Waals surface area contributed by atoms with Crippen molar-refractivity contribution < 1.29 is 17.6 Å². The Morgan fingerprint density at radius 3 is 2.52 bits per heavy atom. The molecule has 5 nitrogen and oxygen atoms in total. The number of rotatable bonds is 5. The van der Waals surface area contributed by atoms with Gasteiger partial charge in [0, 0.05) is 5.54 Å². The molecule has 0 spiro atoms. The summed E-state index contributed by atoms with van der Waals surface area (Å²) in [6, 6.07) is 3.07. The highest BCUT2D eigenvalue weighted by Crippen LogP contribution is 2.24. The molecule has 0 aliphatic carbocycles. The Hall–Kier alpha value is -1.63. The minimum absolute atomic E-state index is 0.0780. The SMILES string of the molecule is CCC(C)(C)NC(=O)C(C)S(=O)(=O)c1cc(F)ccc1N. The van der Waals surface area contributed by atoms with Gasteiger partial charge in [-0.2, -0.15) is 0 Å². The average Bonchev–Trinajstić information content (AvgIpc) is 2.39. The molecule has 7 heteroatoms. The van der Waals surface area contributed by atoms with Crippen molar-refractivity contribution in [2.24, 2.45) is 0 Å². The first kappa shape index (κ1) is 17.4. The third kappa shape index (κ3) is 3.93. The molecule has 1 amide bonds. The van der Waals surface area contributed by atoms with Crippen molar-refractivity contribution in [3.8, 4) is 0 Å². The maximum Gasteiger partial charge on any atom is 0.238 e. The number of anilines is 1. The topological polar surface area (TPSA) is 89.3 Å². The van der Waals surface area contributed by atoms with Crippen LogP contribution in [0.1, 0.15) is 34.1 Å². The molecule has 1 atom stereocenters. The lowest BCUT2D eigenvalue weighted by molar-refractivity contribution is -0.122. The van der Waals surface area contributed by atoms with Gasteiger partial charge in [-0.3, -0.25) is 4.79 Å². The lowest BCUT2D eigenvalue weighted by atomic mass is 10.0. The van der Waals surface area contributed by atoms with Crippen LogP contribution in [0, 0.1) is 5.82 Å². The summed E-state index contributed by atoms with van der Waals surface area (Å²) in [6.07, 6.45) is 0.646.